The standard InChI is InChI=1S/C14H12N4O2/c15-8-11-6-10(4-5-16-11)14-17-13(18-20-14)9-2-1-3-12(19)7-9/h1-7,19H,8,15H2. The molecule has 0 atom stereocenters. The zero-order valence-corrected chi connectivity index (χ0v) is 10.5. The monoisotopic (exact) mass is 268 g/mol. The van der Waals surface area contributed by atoms with Crippen molar-refractivity contribution in [1.29, 1.82) is 0 Å². The van der Waals surface area contributed by atoms with E-state index in [0.29, 0.717) is 23.8 Å². The molecule has 0 saturated carbocycles. The van der Waals surface area contributed by atoms with Crippen LogP contribution >= 0.6 is 0 Å². The molecule has 6 heteroatoms. The predicted octanol–water partition coefficient (Wildman–Crippen LogP) is 1.96. The van der Waals surface area contributed by atoms with Gasteiger partial charge in [0.15, 0.2) is 0 Å². The van der Waals surface area contributed by atoms with E-state index < -0.39 is 0 Å². The Morgan fingerprint density at radius 1 is 1.15 bits per heavy atom. The van der Waals surface area contributed by atoms with E-state index in [9.17, 15) is 5.11 Å². The molecular formula is C14H12N4O2. The number of nitrogens with zero attached hydrogens (tertiary/aromatic N) is 3. The van der Waals surface area contributed by atoms with Crippen LogP contribution in [-0.4, -0.2) is 20.2 Å². The molecule has 2 heterocycles. The van der Waals surface area contributed by atoms with Gasteiger partial charge in [-0.3, -0.25) is 4.98 Å². The van der Waals surface area contributed by atoms with Gasteiger partial charge < -0.3 is 15.4 Å². The maximum Gasteiger partial charge on any atom is 0.258 e. The quantitative estimate of drug-likeness (QED) is 0.753. The number of aromatic hydroxyl groups is 1. The molecule has 3 N–H and O–H groups in total. The van der Waals surface area contributed by atoms with Gasteiger partial charge in [-0.25, -0.2) is 0 Å². The van der Waals surface area contributed by atoms with Crippen LogP contribution in [0.25, 0.3) is 22.8 Å². The number of phenolic OH excluding ortho intramolecular Hbond substituents is 1. The average Bonchev–Trinajstić information content (AvgIpc) is 2.97. The second-order valence-electron chi connectivity index (χ2n) is 4.21. The largest absolute Gasteiger partial charge is 0.508 e. The Labute approximate surface area is 114 Å². The third-order valence-corrected chi connectivity index (χ3v) is 2.80. The van der Waals surface area contributed by atoms with E-state index in [4.69, 9.17) is 10.3 Å². The molecule has 0 aliphatic heterocycles. The van der Waals surface area contributed by atoms with Crippen molar-refractivity contribution in [3.05, 3.63) is 48.3 Å². The van der Waals surface area contributed by atoms with Crippen molar-refractivity contribution in [2.75, 3.05) is 0 Å². The minimum absolute atomic E-state index is 0.156. The molecule has 6 nitrogen and oxygen atoms in total. The van der Waals surface area contributed by atoms with Gasteiger partial charge in [0.25, 0.3) is 5.89 Å². The fourth-order valence-corrected chi connectivity index (χ4v) is 1.83. The van der Waals surface area contributed by atoms with Crippen molar-refractivity contribution in [3.8, 4) is 28.6 Å². The highest BCUT2D eigenvalue weighted by molar-refractivity contribution is 5.60. The van der Waals surface area contributed by atoms with E-state index in [0.717, 1.165) is 11.3 Å². The summed E-state index contributed by atoms with van der Waals surface area (Å²) in [6, 6.07) is 10.3. The van der Waals surface area contributed by atoms with Crippen LogP contribution in [0.1, 0.15) is 5.69 Å². The molecule has 3 aromatic rings. The van der Waals surface area contributed by atoms with Crippen molar-refractivity contribution in [2.24, 2.45) is 5.73 Å². The van der Waals surface area contributed by atoms with Gasteiger partial charge in [0.1, 0.15) is 5.75 Å². The van der Waals surface area contributed by atoms with Crippen molar-refractivity contribution >= 4 is 0 Å². The summed E-state index contributed by atoms with van der Waals surface area (Å²) in [5, 5.41) is 13.4. The third kappa shape index (κ3) is 2.36. The molecule has 0 aliphatic carbocycles. The first-order valence-corrected chi connectivity index (χ1v) is 6.05. The number of hydrogen-bond acceptors (Lipinski definition) is 6. The first-order valence-electron chi connectivity index (χ1n) is 6.05. The van der Waals surface area contributed by atoms with Crippen LogP contribution in [0, 0.1) is 0 Å². The van der Waals surface area contributed by atoms with E-state index in [1.54, 1.807) is 42.6 Å². The third-order valence-electron chi connectivity index (χ3n) is 2.80. The molecule has 0 unspecified atom stereocenters. The predicted molar refractivity (Wildman–Crippen MR) is 72.5 cm³/mol. The van der Waals surface area contributed by atoms with E-state index in [1.165, 1.54) is 0 Å². The number of phenols is 1. The van der Waals surface area contributed by atoms with Crippen molar-refractivity contribution in [3.63, 3.8) is 0 Å². The fourth-order valence-electron chi connectivity index (χ4n) is 1.83. The number of aromatic nitrogens is 3. The number of pyridine rings is 1. The number of rotatable bonds is 3. The van der Waals surface area contributed by atoms with Crippen LogP contribution in [0.3, 0.4) is 0 Å². The number of nitrogens with two attached hydrogens (primary N) is 1. The van der Waals surface area contributed by atoms with E-state index in [-0.39, 0.29) is 5.75 Å². The first-order chi connectivity index (χ1) is 9.76. The Bertz CT molecular complexity index is 739. The second kappa shape index (κ2) is 5.10. The Morgan fingerprint density at radius 2 is 2.05 bits per heavy atom. The molecule has 3 rings (SSSR count). The molecule has 0 aliphatic rings. The molecule has 0 saturated heterocycles. The van der Waals surface area contributed by atoms with Gasteiger partial charge in [0.05, 0.1) is 5.69 Å². The first kappa shape index (κ1) is 12.3. The van der Waals surface area contributed by atoms with Crippen LogP contribution in [0.4, 0.5) is 0 Å². The minimum atomic E-state index is 0.156. The molecule has 2 aromatic heterocycles. The van der Waals surface area contributed by atoms with Gasteiger partial charge in [-0.2, -0.15) is 4.98 Å². The highest BCUT2D eigenvalue weighted by Crippen LogP contribution is 2.24. The minimum Gasteiger partial charge on any atom is -0.508 e. The van der Waals surface area contributed by atoms with Crippen LogP contribution in [-0.2, 0) is 6.54 Å². The summed E-state index contributed by atoms with van der Waals surface area (Å²) >= 11 is 0. The van der Waals surface area contributed by atoms with E-state index in [2.05, 4.69) is 15.1 Å². The van der Waals surface area contributed by atoms with Gasteiger partial charge in [-0.05, 0) is 24.3 Å². The van der Waals surface area contributed by atoms with Gasteiger partial charge in [0.2, 0.25) is 5.82 Å². The maximum atomic E-state index is 9.46. The summed E-state index contributed by atoms with van der Waals surface area (Å²) in [4.78, 5) is 8.42. The zero-order chi connectivity index (χ0) is 13.9. The summed E-state index contributed by atoms with van der Waals surface area (Å²) in [5.74, 6) is 0.964. The maximum absolute atomic E-state index is 9.46. The number of benzene rings is 1. The summed E-state index contributed by atoms with van der Waals surface area (Å²) in [5.41, 5.74) is 7.75. The van der Waals surface area contributed by atoms with E-state index in [1.807, 2.05) is 0 Å². The molecule has 0 amide bonds. The molecule has 100 valence electrons. The Balaban J connectivity index is 1.97. The van der Waals surface area contributed by atoms with Crippen molar-refractivity contribution < 1.29 is 9.63 Å². The smallest absolute Gasteiger partial charge is 0.258 e. The van der Waals surface area contributed by atoms with E-state index >= 15 is 0 Å². The van der Waals surface area contributed by atoms with Crippen molar-refractivity contribution in [2.45, 2.75) is 6.54 Å². The van der Waals surface area contributed by atoms with Gasteiger partial charge in [0, 0.05) is 23.9 Å². The summed E-state index contributed by atoms with van der Waals surface area (Å²) in [6.45, 7) is 0.349. The zero-order valence-electron chi connectivity index (χ0n) is 10.5. The SMILES string of the molecule is NCc1cc(-c2nc(-c3cccc(O)c3)no2)ccn1. The Hall–Kier alpha value is -2.73. The lowest BCUT2D eigenvalue weighted by Gasteiger charge is -1.97. The Kier molecular flexibility index (Phi) is 3.14. The van der Waals surface area contributed by atoms with Crippen molar-refractivity contribution in [1.82, 2.24) is 15.1 Å². The van der Waals surface area contributed by atoms with Gasteiger partial charge in [-0.15, -0.1) is 0 Å². The average molecular weight is 268 g/mol. The summed E-state index contributed by atoms with van der Waals surface area (Å²) in [6.07, 6.45) is 1.65. The van der Waals surface area contributed by atoms with Gasteiger partial charge in [-0.1, -0.05) is 17.3 Å². The molecule has 0 radical (unpaired) electrons. The fraction of sp³-hybridized carbons (Fsp3) is 0.0714. The molecule has 20 heavy (non-hydrogen) atoms. The van der Waals surface area contributed by atoms with Crippen LogP contribution in [0.5, 0.6) is 5.75 Å². The van der Waals surface area contributed by atoms with Gasteiger partial charge >= 0.3 is 0 Å². The molecule has 0 bridgehead atoms. The second-order valence-corrected chi connectivity index (χ2v) is 4.21. The Morgan fingerprint density at radius 3 is 2.85 bits per heavy atom. The normalized spacial score (nSPS) is 10.7. The topological polar surface area (TPSA) is 98.1 Å². The summed E-state index contributed by atoms with van der Waals surface area (Å²) < 4.78 is 5.23. The van der Waals surface area contributed by atoms with Crippen LogP contribution in [0.15, 0.2) is 47.1 Å². The van der Waals surface area contributed by atoms with Crippen LogP contribution < -0.4 is 5.73 Å². The lowest BCUT2D eigenvalue weighted by molar-refractivity contribution is 0.432. The lowest BCUT2D eigenvalue weighted by Crippen LogP contribution is -1.98. The highest BCUT2D eigenvalue weighted by atomic mass is 16.5. The molecule has 1 aromatic carbocycles. The highest BCUT2D eigenvalue weighted by Gasteiger charge is 2.11. The lowest BCUT2D eigenvalue weighted by atomic mass is 10.2. The number of hydrogen-bond donors (Lipinski definition) is 2. The summed E-state index contributed by atoms with van der Waals surface area (Å²) in [7, 11) is 0. The van der Waals surface area contributed by atoms with Crippen LogP contribution in [0.2, 0.25) is 0 Å². The molecule has 0 fully saturated rings. The molecular weight excluding hydrogens is 256 g/mol. The molecule has 0 spiro atoms.